The molecule has 0 aliphatic rings. The Balaban J connectivity index is 1.79. The molecule has 2 aromatic rings. The summed E-state index contributed by atoms with van der Waals surface area (Å²) in [6, 6.07) is 17.7. The molecule has 20 heavy (non-hydrogen) atoms. The quantitative estimate of drug-likeness (QED) is 0.568. The van der Waals surface area contributed by atoms with Gasteiger partial charge in [-0.05, 0) is 39.8 Å². The minimum Gasteiger partial charge on any atom is -0.461 e. The van der Waals surface area contributed by atoms with Crippen molar-refractivity contribution in [3.05, 3.63) is 75.4 Å². The molecule has 0 heterocycles. The largest absolute Gasteiger partial charge is 0.461 e. The Labute approximate surface area is 132 Å². The van der Waals surface area contributed by atoms with Crippen molar-refractivity contribution in [2.24, 2.45) is 0 Å². The van der Waals surface area contributed by atoms with E-state index in [2.05, 4.69) is 22.6 Å². The lowest BCUT2D eigenvalue weighted by atomic mass is 10.2. The van der Waals surface area contributed by atoms with E-state index in [0.29, 0.717) is 6.61 Å². The Morgan fingerprint density at radius 2 is 1.75 bits per heavy atom. The van der Waals surface area contributed by atoms with Crippen LogP contribution in [-0.2, 0) is 16.1 Å². The van der Waals surface area contributed by atoms with E-state index in [1.54, 1.807) is 0 Å². The van der Waals surface area contributed by atoms with Crippen molar-refractivity contribution in [3.63, 3.8) is 0 Å². The Morgan fingerprint density at radius 1 is 1.05 bits per heavy atom. The van der Waals surface area contributed by atoms with E-state index < -0.39 is 0 Å². The topological polar surface area (TPSA) is 26.3 Å². The summed E-state index contributed by atoms with van der Waals surface area (Å²) in [6.45, 7) is 0.330. The molecule has 0 aliphatic heterocycles. The first-order chi connectivity index (χ1) is 9.75. The molecule has 0 spiro atoms. The van der Waals surface area contributed by atoms with E-state index in [-0.39, 0.29) is 12.4 Å². The number of hydrogen-bond donors (Lipinski definition) is 0. The molecule has 0 unspecified atom stereocenters. The van der Waals surface area contributed by atoms with Gasteiger partial charge in [0.1, 0.15) is 6.61 Å². The predicted molar refractivity (Wildman–Crippen MR) is 89.0 cm³/mol. The van der Waals surface area contributed by atoms with Crippen molar-refractivity contribution < 1.29 is 9.53 Å². The number of ether oxygens (including phenoxy) is 1. The van der Waals surface area contributed by atoms with E-state index >= 15 is 0 Å². The van der Waals surface area contributed by atoms with Crippen molar-refractivity contribution in [1.82, 2.24) is 0 Å². The SMILES string of the molecule is O=C(C/C=C\c1ccccc1I)OCc1ccccc1. The highest BCUT2D eigenvalue weighted by molar-refractivity contribution is 14.1. The van der Waals surface area contributed by atoms with E-state index in [1.807, 2.05) is 66.7 Å². The molecule has 102 valence electrons. The van der Waals surface area contributed by atoms with Gasteiger partial charge in [0.2, 0.25) is 0 Å². The first kappa shape index (κ1) is 14.8. The number of benzene rings is 2. The van der Waals surface area contributed by atoms with Crippen molar-refractivity contribution in [1.29, 1.82) is 0 Å². The third kappa shape index (κ3) is 4.81. The van der Waals surface area contributed by atoms with Crippen LogP contribution in [-0.4, -0.2) is 5.97 Å². The summed E-state index contributed by atoms with van der Waals surface area (Å²) in [5.74, 6) is -0.212. The zero-order valence-electron chi connectivity index (χ0n) is 11.0. The highest BCUT2D eigenvalue weighted by atomic mass is 127. The van der Waals surface area contributed by atoms with Crippen LogP contribution in [0.25, 0.3) is 6.08 Å². The molecule has 0 saturated carbocycles. The molecule has 0 atom stereocenters. The molecule has 2 rings (SSSR count). The fraction of sp³-hybridized carbons (Fsp3) is 0.118. The van der Waals surface area contributed by atoms with Gasteiger partial charge in [-0.2, -0.15) is 0 Å². The Morgan fingerprint density at radius 3 is 2.50 bits per heavy atom. The standard InChI is InChI=1S/C17H15IO2/c18-16-11-5-4-9-15(16)10-6-12-17(19)20-13-14-7-2-1-3-8-14/h1-11H,12-13H2/b10-6-. The maximum absolute atomic E-state index is 11.6. The summed E-state index contributed by atoms with van der Waals surface area (Å²) in [5.41, 5.74) is 2.12. The summed E-state index contributed by atoms with van der Waals surface area (Å²) in [7, 11) is 0. The lowest BCUT2D eigenvalue weighted by Gasteiger charge is -2.03. The number of halogens is 1. The molecule has 2 aromatic carbocycles. The second-order valence-electron chi connectivity index (χ2n) is 4.27. The van der Waals surface area contributed by atoms with Crippen LogP contribution in [0.2, 0.25) is 0 Å². The second kappa shape index (κ2) is 7.85. The third-order valence-electron chi connectivity index (χ3n) is 2.73. The van der Waals surface area contributed by atoms with Crippen LogP contribution >= 0.6 is 22.6 Å². The van der Waals surface area contributed by atoms with Gasteiger partial charge >= 0.3 is 5.97 Å². The smallest absolute Gasteiger partial charge is 0.309 e. The monoisotopic (exact) mass is 378 g/mol. The fourth-order valence-corrected chi connectivity index (χ4v) is 2.26. The molecular formula is C17H15IO2. The Bertz CT molecular complexity index is 591. The molecule has 0 saturated heterocycles. The molecule has 3 heteroatoms. The average molecular weight is 378 g/mol. The lowest BCUT2D eigenvalue weighted by molar-refractivity contribution is -0.143. The number of carbonyl (C=O) groups is 1. The molecular weight excluding hydrogens is 363 g/mol. The van der Waals surface area contributed by atoms with Gasteiger partial charge in [0.15, 0.2) is 0 Å². The summed E-state index contributed by atoms with van der Waals surface area (Å²) < 4.78 is 6.37. The van der Waals surface area contributed by atoms with E-state index in [0.717, 1.165) is 11.1 Å². The van der Waals surface area contributed by atoms with Gasteiger partial charge in [-0.15, -0.1) is 0 Å². The molecule has 0 radical (unpaired) electrons. The van der Waals surface area contributed by atoms with Crippen LogP contribution in [0.15, 0.2) is 60.7 Å². The Kier molecular flexibility index (Phi) is 5.80. The number of rotatable bonds is 5. The number of carbonyl (C=O) groups excluding carboxylic acids is 1. The highest BCUT2D eigenvalue weighted by Crippen LogP contribution is 2.13. The van der Waals surface area contributed by atoms with Gasteiger partial charge < -0.3 is 4.74 Å². The van der Waals surface area contributed by atoms with Crippen molar-refractivity contribution >= 4 is 34.6 Å². The second-order valence-corrected chi connectivity index (χ2v) is 5.44. The van der Waals surface area contributed by atoms with Crippen LogP contribution in [0.4, 0.5) is 0 Å². The number of esters is 1. The molecule has 0 N–H and O–H groups in total. The van der Waals surface area contributed by atoms with Crippen LogP contribution in [0.3, 0.4) is 0 Å². The van der Waals surface area contributed by atoms with Crippen molar-refractivity contribution in [2.75, 3.05) is 0 Å². The molecule has 0 bridgehead atoms. The fourth-order valence-electron chi connectivity index (χ4n) is 1.69. The minimum atomic E-state index is -0.212. The maximum Gasteiger partial charge on any atom is 0.309 e. The minimum absolute atomic E-state index is 0.212. The molecule has 0 fully saturated rings. The zero-order chi connectivity index (χ0) is 14.2. The summed E-state index contributed by atoms with van der Waals surface area (Å²) in [4.78, 5) is 11.6. The predicted octanol–water partition coefficient (Wildman–Crippen LogP) is 4.44. The first-order valence-electron chi connectivity index (χ1n) is 6.36. The van der Waals surface area contributed by atoms with Gasteiger partial charge in [0.25, 0.3) is 0 Å². The van der Waals surface area contributed by atoms with Gasteiger partial charge in [-0.25, -0.2) is 0 Å². The van der Waals surface area contributed by atoms with Gasteiger partial charge in [-0.1, -0.05) is 60.7 Å². The van der Waals surface area contributed by atoms with Crippen LogP contribution in [0.5, 0.6) is 0 Å². The first-order valence-corrected chi connectivity index (χ1v) is 7.44. The summed E-state index contributed by atoms with van der Waals surface area (Å²) >= 11 is 2.27. The molecule has 0 aromatic heterocycles. The van der Waals surface area contributed by atoms with Crippen LogP contribution in [0.1, 0.15) is 17.5 Å². The Hall–Kier alpha value is -1.62. The van der Waals surface area contributed by atoms with Crippen molar-refractivity contribution in [3.8, 4) is 0 Å². The van der Waals surface area contributed by atoms with E-state index in [1.165, 1.54) is 3.57 Å². The maximum atomic E-state index is 11.6. The third-order valence-corrected chi connectivity index (χ3v) is 3.71. The van der Waals surface area contributed by atoms with Crippen LogP contribution < -0.4 is 0 Å². The van der Waals surface area contributed by atoms with E-state index in [4.69, 9.17) is 4.74 Å². The zero-order valence-corrected chi connectivity index (χ0v) is 13.1. The lowest BCUT2D eigenvalue weighted by Crippen LogP contribution is -2.02. The normalized spacial score (nSPS) is 10.7. The van der Waals surface area contributed by atoms with Crippen molar-refractivity contribution in [2.45, 2.75) is 13.0 Å². The van der Waals surface area contributed by atoms with Gasteiger partial charge in [0.05, 0.1) is 6.42 Å². The number of hydrogen-bond acceptors (Lipinski definition) is 2. The van der Waals surface area contributed by atoms with Gasteiger partial charge in [0, 0.05) is 3.57 Å². The molecule has 0 aliphatic carbocycles. The van der Waals surface area contributed by atoms with E-state index in [9.17, 15) is 4.79 Å². The van der Waals surface area contributed by atoms with Gasteiger partial charge in [-0.3, -0.25) is 4.79 Å². The molecule has 0 amide bonds. The summed E-state index contributed by atoms with van der Waals surface area (Å²) in [6.07, 6.45) is 4.08. The highest BCUT2D eigenvalue weighted by Gasteiger charge is 2.00. The molecule has 2 nitrogen and oxygen atoms in total. The summed E-state index contributed by atoms with van der Waals surface area (Å²) in [5, 5.41) is 0. The average Bonchev–Trinajstić information content (AvgIpc) is 2.48. The van der Waals surface area contributed by atoms with Crippen LogP contribution in [0, 0.1) is 3.57 Å².